The monoisotopic (exact) mass is 417 g/mol. The Morgan fingerprint density at radius 2 is 1.73 bits per heavy atom. The first-order valence-electron chi connectivity index (χ1n) is 9.75. The van der Waals surface area contributed by atoms with Crippen LogP contribution < -0.4 is 10.1 Å². The van der Waals surface area contributed by atoms with E-state index in [-0.39, 0.29) is 17.7 Å². The molecule has 0 spiro atoms. The number of carbonyl (C=O) groups excluding carboxylic acids is 1. The Balaban J connectivity index is 1.80. The smallest absolute Gasteiger partial charge is 0.406 e. The number of alkyl halides is 3. The second kappa shape index (κ2) is 8.12. The third-order valence-electron chi connectivity index (χ3n) is 5.32. The van der Waals surface area contributed by atoms with Crippen molar-refractivity contribution in [1.82, 2.24) is 14.8 Å². The highest BCUT2D eigenvalue weighted by Crippen LogP contribution is 2.36. The summed E-state index contributed by atoms with van der Waals surface area (Å²) in [6.45, 7) is 4.71. The van der Waals surface area contributed by atoms with E-state index in [0.717, 1.165) is 48.2 Å². The summed E-state index contributed by atoms with van der Waals surface area (Å²) in [7, 11) is 0. The normalized spacial score (nSPS) is 16.5. The van der Waals surface area contributed by atoms with Gasteiger partial charge in [0, 0.05) is 44.7 Å². The number of hydrogen-bond acceptors (Lipinski definition) is 4. The van der Waals surface area contributed by atoms with Crippen molar-refractivity contribution in [2.24, 2.45) is 0 Å². The van der Waals surface area contributed by atoms with Gasteiger partial charge in [-0.25, -0.2) is 0 Å². The molecule has 2 heterocycles. The molecule has 8 heteroatoms. The Kier molecular flexibility index (Phi) is 5.53. The molecule has 0 aliphatic carbocycles. The lowest BCUT2D eigenvalue weighted by atomic mass is 9.96. The molecule has 30 heavy (non-hydrogen) atoms. The number of piperazine rings is 1. The first-order valence-corrected chi connectivity index (χ1v) is 9.75. The van der Waals surface area contributed by atoms with Crippen LogP contribution in [0.25, 0.3) is 10.9 Å². The lowest BCUT2D eigenvalue weighted by Crippen LogP contribution is -2.45. The zero-order valence-corrected chi connectivity index (χ0v) is 16.4. The predicted octanol–water partition coefficient (Wildman–Crippen LogP) is 4.19. The molecule has 0 radical (unpaired) electrons. The number of fused-ring (bicyclic) bond motifs is 1. The number of rotatable bonds is 4. The van der Waals surface area contributed by atoms with Crippen LogP contribution >= 0.6 is 0 Å². The van der Waals surface area contributed by atoms with Gasteiger partial charge in [0.05, 0.1) is 11.6 Å². The van der Waals surface area contributed by atoms with Crippen molar-refractivity contribution in [2.75, 3.05) is 26.2 Å². The zero-order chi connectivity index (χ0) is 21.3. The summed E-state index contributed by atoms with van der Waals surface area (Å²) in [5, 5.41) is 4.27. The summed E-state index contributed by atoms with van der Waals surface area (Å²) in [4.78, 5) is 14.5. The maximum absolute atomic E-state index is 12.5. The van der Waals surface area contributed by atoms with Gasteiger partial charge < -0.3 is 10.1 Å². The molecule has 1 aliphatic heterocycles. The minimum Gasteiger partial charge on any atom is -0.406 e. The van der Waals surface area contributed by atoms with Gasteiger partial charge in [0.25, 0.3) is 0 Å². The van der Waals surface area contributed by atoms with Gasteiger partial charge in [0.2, 0.25) is 5.91 Å². The molecule has 1 aromatic heterocycles. The van der Waals surface area contributed by atoms with E-state index >= 15 is 0 Å². The van der Waals surface area contributed by atoms with E-state index in [1.54, 1.807) is 16.7 Å². The van der Waals surface area contributed by atoms with Gasteiger partial charge in [-0.15, -0.1) is 13.2 Å². The van der Waals surface area contributed by atoms with E-state index in [2.05, 4.69) is 15.0 Å². The quantitative estimate of drug-likeness (QED) is 0.692. The van der Waals surface area contributed by atoms with Gasteiger partial charge in [0.15, 0.2) is 0 Å². The fourth-order valence-corrected chi connectivity index (χ4v) is 4.06. The molecule has 0 saturated carbocycles. The summed E-state index contributed by atoms with van der Waals surface area (Å²) in [5.74, 6) is -0.345. The molecule has 4 rings (SSSR count). The van der Waals surface area contributed by atoms with Crippen LogP contribution in [0, 0.1) is 0 Å². The van der Waals surface area contributed by atoms with E-state index in [4.69, 9.17) is 0 Å². The third kappa shape index (κ3) is 4.20. The number of para-hydroxylation sites is 1. The maximum atomic E-state index is 12.5. The Bertz CT molecular complexity index is 1040. The summed E-state index contributed by atoms with van der Waals surface area (Å²) >= 11 is 0. The summed E-state index contributed by atoms with van der Waals surface area (Å²) < 4.78 is 43.3. The molecule has 1 fully saturated rings. The average Bonchev–Trinajstić information content (AvgIpc) is 3.09. The molecule has 1 N–H and O–H groups in total. The lowest BCUT2D eigenvalue weighted by molar-refractivity contribution is -0.274. The molecule has 158 valence electrons. The van der Waals surface area contributed by atoms with E-state index < -0.39 is 6.36 Å². The SMILES string of the molecule is CC(=O)n1cc([C@@H](c2ccc(OC(F)(F)F)cc2)N2CCNCC2)c2ccccc21. The number of aromatic nitrogens is 1. The molecule has 0 bridgehead atoms. The second-order valence-corrected chi connectivity index (χ2v) is 7.30. The Hall–Kier alpha value is -2.84. The zero-order valence-electron chi connectivity index (χ0n) is 16.4. The van der Waals surface area contributed by atoms with E-state index in [1.807, 2.05) is 30.5 Å². The molecular formula is C22H22F3N3O2. The van der Waals surface area contributed by atoms with E-state index in [1.165, 1.54) is 19.1 Å². The Morgan fingerprint density at radius 1 is 1.07 bits per heavy atom. The van der Waals surface area contributed by atoms with E-state index in [9.17, 15) is 18.0 Å². The highest BCUT2D eigenvalue weighted by atomic mass is 19.4. The van der Waals surface area contributed by atoms with Crippen molar-refractivity contribution in [3.05, 3.63) is 65.9 Å². The van der Waals surface area contributed by atoms with Crippen LogP contribution in [-0.4, -0.2) is 47.9 Å². The van der Waals surface area contributed by atoms with Gasteiger partial charge >= 0.3 is 6.36 Å². The number of halogens is 3. The van der Waals surface area contributed by atoms with Crippen LogP contribution in [0.1, 0.15) is 28.9 Å². The van der Waals surface area contributed by atoms with Crippen molar-refractivity contribution < 1.29 is 22.7 Å². The van der Waals surface area contributed by atoms with Crippen LogP contribution in [0.5, 0.6) is 5.75 Å². The minimum absolute atomic E-state index is 0.0922. The molecule has 2 aromatic carbocycles. The standard InChI is InChI=1S/C22H22F3N3O2/c1-15(29)28-14-19(18-4-2-3-5-20(18)28)21(27-12-10-26-11-13-27)16-6-8-17(9-7-16)30-22(23,24)25/h2-9,14,21,26H,10-13H2,1H3/t21-/m1/s1. The fraction of sp³-hybridized carbons (Fsp3) is 0.318. The highest BCUT2D eigenvalue weighted by molar-refractivity contribution is 5.94. The van der Waals surface area contributed by atoms with Crippen molar-refractivity contribution in [3.8, 4) is 5.75 Å². The number of benzene rings is 2. The van der Waals surface area contributed by atoms with Crippen molar-refractivity contribution >= 4 is 16.8 Å². The fourth-order valence-electron chi connectivity index (χ4n) is 4.06. The molecule has 1 atom stereocenters. The molecule has 1 saturated heterocycles. The number of carbonyl (C=O) groups is 1. The van der Waals surface area contributed by atoms with Crippen LogP contribution in [-0.2, 0) is 0 Å². The Morgan fingerprint density at radius 3 is 2.37 bits per heavy atom. The van der Waals surface area contributed by atoms with Crippen molar-refractivity contribution in [1.29, 1.82) is 0 Å². The van der Waals surface area contributed by atoms with Crippen molar-refractivity contribution in [3.63, 3.8) is 0 Å². The number of nitrogens with zero attached hydrogens (tertiary/aromatic N) is 2. The largest absolute Gasteiger partial charge is 0.573 e. The first kappa shape index (κ1) is 20.4. The Labute approximate surface area is 172 Å². The van der Waals surface area contributed by atoms with Crippen LogP contribution in [0.4, 0.5) is 13.2 Å². The first-order chi connectivity index (χ1) is 14.3. The molecule has 3 aromatic rings. The van der Waals surface area contributed by atoms with Crippen LogP contribution in [0.2, 0.25) is 0 Å². The summed E-state index contributed by atoms with van der Waals surface area (Å²) in [6.07, 6.45) is -2.88. The summed E-state index contributed by atoms with van der Waals surface area (Å²) in [5.41, 5.74) is 2.61. The molecule has 0 unspecified atom stereocenters. The van der Waals surface area contributed by atoms with Crippen LogP contribution in [0.15, 0.2) is 54.7 Å². The molecular weight excluding hydrogens is 395 g/mol. The van der Waals surface area contributed by atoms with Gasteiger partial charge in [-0.1, -0.05) is 30.3 Å². The molecule has 0 amide bonds. The third-order valence-corrected chi connectivity index (χ3v) is 5.32. The number of ether oxygens (including phenoxy) is 1. The number of nitrogens with one attached hydrogen (secondary N) is 1. The second-order valence-electron chi connectivity index (χ2n) is 7.30. The van der Waals surface area contributed by atoms with Gasteiger partial charge in [-0.3, -0.25) is 14.3 Å². The van der Waals surface area contributed by atoms with E-state index in [0.29, 0.717) is 0 Å². The predicted molar refractivity (Wildman–Crippen MR) is 108 cm³/mol. The topological polar surface area (TPSA) is 46.5 Å². The van der Waals surface area contributed by atoms with Crippen LogP contribution in [0.3, 0.4) is 0 Å². The highest BCUT2D eigenvalue weighted by Gasteiger charge is 2.32. The van der Waals surface area contributed by atoms with Gasteiger partial charge in [-0.05, 0) is 29.3 Å². The maximum Gasteiger partial charge on any atom is 0.573 e. The minimum atomic E-state index is -4.73. The lowest BCUT2D eigenvalue weighted by Gasteiger charge is -2.35. The van der Waals surface area contributed by atoms with Crippen molar-refractivity contribution in [2.45, 2.75) is 19.3 Å². The van der Waals surface area contributed by atoms with Gasteiger partial charge in [-0.2, -0.15) is 0 Å². The molecule has 5 nitrogen and oxygen atoms in total. The molecule has 1 aliphatic rings. The van der Waals surface area contributed by atoms with Gasteiger partial charge in [0.1, 0.15) is 5.75 Å². The summed E-state index contributed by atoms with van der Waals surface area (Å²) in [6, 6.07) is 13.5. The average molecular weight is 417 g/mol. The number of hydrogen-bond donors (Lipinski definition) is 1.